The maximum Gasteiger partial charge on any atom is 0.230 e. The standard InChI is InChI=1S/C11H18N4OS/c1-7(2)5-9-14-15-11(17-9)13-10(16)8-3-4-12-6-8/h7-8,12H,3-6H2,1-2H3,(H,13,15,16). The van der Waals surface area contributed by atoms with Gasteiger partial charge in [0.15, 0.2) is 0 Å². The summed E-state index contributed by atoms with van der Waals surface area (Å²) in [6, 6.07) is 0. The van der Waals surface area contributed by atoms with Crippen molar-refractivity contribution in [2.75, 3.05) is 18.4 Å². The van der Waals surface area contributed by atoms with Crippen molar-refractivity contribution < 1.29 is 4.79 Å². The van der Waals surface area contributed by atoms with Crippen LogP contribution in [0.25, 0.3) is 0 Å². The van der Waals surface area contributed by atoms with Crippen molar-refractivity contribution in [1.82, 2.24) is 15.5 Å². The van der Waals surface area contributed by atoms with E-state index < -0.39 is 0 Å². The third-order valence-corrected chi connectivity index (χ3v) is 3.57. The number of nitrogens with one attached hydrogen (secondary N) is 2. The summed E-state index contributed by atoms with van der Waals surface area (Å²) in [6.45, 7) is 5.98. The Hall–Kier alpha value is -1.01. The van der Waals surface area contributed by atoms with Crippen LogP contribution in [0.4, 0.5) is 5.13 Å². The van der Waals surface area contributed by atoms with Crippen LogP contribution in [0, 0.1) is 11.8 Å². The topological polar surface area (TPSA) is 66.9 Å². The van der Waals surface area contributed by atoms with Crippen LogP contribution in [0.1, 0.15) is 25.3 Å². The average Bonchev–Trinajstić information content (AvgIpc) is 2.87. The number of carbonyl (C=O) groups is 1. The van der Waals surface area contributed by atoms with Gasteiger partial charge < -0.3 is 10.6 Å². The van der Waals surface area contributed by atoms with Gasteiger partial charge in [-0.15, -0.1) is 10.2 Å². The van der Waals surface area contributed by atoms with Gasteiger partial charge in [-0.2, -0.15) is 0 Å². The fourth-order valence-electron chi connectivity index (χ4n) is 1.82. The molecule has 1 fully saturated rings. The van der Waals surface area contributed by atoms with Crippen LogP contribution in [0.15, 0.2) is 0 Å². The number of carbonyl (C=O) groups excluding carboxylic acids is 1. The molecule has 0 aliphatic carbocycles. The molecule has 0 spiro atoms. The molecule has 1 atom stereocenters. The van der Waals surface area contributed by atoms with E-state index in [1.165, 1.54) is 11.3 Å². The Bertz CT molecular complexity index is 385. The number of nitrogens with zero attached hydrogens (tertiary/aromatic N) is 2. The molecule has 94 valence electrons. The second kappa shape index (κ2) is 5.55. The van der Waals surface area contributed by atoms with Gasteiger partial charge in [0.25, 0.3) is 0 Å². The monoisotopic (exact) mass is 254 g/mol. The SMILES string of the molecule is CC(C)Cc1nnc(NC(=O)C2CCNC2)s1. The van der Waals surface area contributed by atoms with E-state index in [1.807, 2.05) is 0 Å². The number of rotatable bonds is 4. The zero-order valence-electron chi connectivity index (χ0n) is 10.2. The Kier molecular flexibility index (Phi) is 4.06. The second-order valence-corrected chi connectivity index (χ2v) is 5.84. The highest BCUT2D eigenvalue weighted by Gasteiger charge is 2.23. The second-order valence-electron chi connectivity index (χ2n) is 4.78. The van der Waals surface area contributed by atoms with Crippen LogP contribution < -0.4 is 10.6 Å². The van der Waals surface area contributed by atoms with Gasteiger partial charge in [-0.05, 0) is 18.9 Å². The number of hydrogen-bond acceptors (Lipinski definition) is 5. The minimum atomic E-state index is 0.0576. The van der Waals surface area contributed by atoms with Gasteiger partial charge in [0, 0.05) is 13.0 Å². The van der Waals surface area contributed by atoms with Crippen LogP contribution in [-0.4, -0.2) is 29.2 Å². The molecule has 5 nitrogen and oxygen atoms in total. The summed E-state index contributed by atoms with van der Waals surface area (Å²) in [5.74, 6) is 0.695. The number of hydrogen-bond donors (Lipinski definition) is 2. The predicted octanol–water partition coefficient (Wildman–Crippen LogP) is 1.28. The lowest BCUT2D eigenvalue weighted by Crippen LogP contribution is -2.24. The lowest BCUT2D eigenvalue weighted by molar-refractivity contribution is -0.119. The van der Waals surface area contributed by atoms with Crippen LogP contribution in [0.5, 0.6) is 0 Å². The predicted molar refractivity (Wildman–Crippen MR) is 68.1 cm³/mol. The van der Waals surface area contributed by atoms with Crippen molar-refractivity contribution >= 4 is 22.4 Å². The molecule has 2 N–H and O–H groups in total. The summed E-state index contributed by atoms with van der Waals surface area (Å²) in [7, 11) is 0. The van der Waals surface area contributed by atoms with Crippen molar-refractivity contribution in [3.63, 3.8) is 0 Å². The molecule has 1 aliphatic rings. The van der Waals surface area contributed by atoms with Crippen LogP contribution in [0.3, 0.4) is 0 Å². The largest absolute Gasteiger partial charge is 0.316 e. The van der Waals surface area contributed by atoms with Crippen molar-refractivity contribution in [3.8, 4) is 0 Å². The Morgan fingerprint density at radius 3 is 3.06 bits per heavy atom. The lowest BCUT2D eigenvalue weighted by atomic mass is 10.1. The molecule has 1 unspecified atom stereocenters. The normalized spacial score (nSPS) is 19.8. The molecule has 1 saturated heterocycles. The summed E-state index contributed by atoms with van der Waals surface area (Å²) in [5, 5.41) is 15.7. The fraction of sp³-hybridized carbons (Fsp3) is 0.727. The fourth-order valence-corrected chi connectivity index (χ4v) is 2.78. The van der Waals surface area contributed by atoms with Crippen molar-refractivity contribution in [2.45, 2.75) is 26.7 Å². The Morgan fingerprint density at radius 1 is 1.59 bits per heavy atom. The van der Waals surface area contributed by atoms with Gasteiger partial charge in [0.1, 0.15) is 5.01 Å². The highest BCUT2D eigenvalue weighted by Crippen LogP contribution is 2.19. The van der Waals surface area contributed by atoms with Gasteiger partial charge in [-0.25, -0.2) is 0 Å². The molecular formula is C11H18N4OS. The molecule has 1 aromatic heterocycles. The molecule has 2 heterocycles. The van der Waals surface area contributed by atoms with E-state index in [4.69, 9.17) is 0 Å². The number of anilines is 1. The molecule has 6 heteroatoms. The first-order valence-electron chi connectivity index (χ1n) is 5.99. The maximum atomic E-state index is 11.8. The van der Waals surface area contributed by atoms with E-state index in [1.54, 1.807) is 0 Å². The first-order valence-corrected chi connectivity index (χ1v) is 6.80. The van der Waals surface area contributed by atoms with Crippen molar-refractivity contribution in [2.24, 2.45) is 11.8 Å². The highest BCUT2D eigenvalue weighted by molar-refractivity contribution is 7.15. The molecule has 0 saturated carbocycles. The van der Waals surface area contributed by atoms with Crippen LogP contribution in [0.2, 0.25) is 0 Å². The van der Waals surface area contributed by atoms with Gasteiger partial charge in [-0.3, -0.25) is 4.79 Å². The maximum absolute atomic E-state index is 11.8. The van der Waals surface area contributed by atoms with E-state index in [2.05, 4.69) is 34.7 Å². The summed E-state index contributed by atoms with van der Waals surface area (Å²) in [4.78, 5) is 11.8. The van der Waals surface area contributed by atoms with Gasteiger partial charge in [0.2, 0.25) is 11.0 Å². The van der Waals surface area contributed by atoms with E-state index in [0.29, 0.717) is 11.0 Å². The molecule has 17 heavy (non-hydrogen) atoms. The molecule has 0 radical (unpaired) electrons. The summed E-state index contributed by atoms with van der Waals surface area (Å²) in [5.41, 5.74) is 0. The van der Waals surface area contributed by atoms with Gasteiger partial charge in [0.05, 0.1) is 5.92 Å². The summed E-state index contributed by atoms with van der Waals surface area (Å²) >= 11 is 1.47. The van der Waals surface area contributed by atoms with Gasteiger partial charge >= 0.3 is 0 Å². The molecule has 1 aromatic rings. The minimum Gasteiger partial charge on any atom is -0.316 e. The van der Waals surface area contributed by atoms with E-state index in [0.717, 1.165) is 30.9 Å². The summed E-state index contributed by atoms with van der Waals surface area (Å²) < 4.78 is 0. The van der Waals surface area contributed by atoms with Gasteiger partial charge in [-0.1, -0.05) is 25.2 Å². The zero-order valence-corrected chi connectivity index (χ0v) is 11.0. The number of aromatic nitrogens is 2. The number of amides is 1. The average molecular weight is 254 g/mol. The lowest BCUT2D eigenvalue weighted by Gasteiger charge is -2.06. The minimum absolute atomic E-state index is 0.0576. The molecule has 1 aliphatic heterocycles. The van der Waals surface area contributed by atoms with E-state index in [-0.39, 0.29) is 11.8 Å². The first-order chi connectivity index (χ1) is 8.15. The highest BCUT2D eigenvalue weighted by atomic mass is 32.1. The Morgan fingerprint density at radius 2 is 2.41 bits per heavy atom. The molecular weight excluding hydrogens is 236 g/mol. The Labute approximate surface area is 105 Å². The summed E-state index contributed by atoms with van der Waals surface area (Å²) in [6.07, 6.45) is 1.82. The van der Waals surface area contributed by atoms with Crippen molar-refractivity contribution in [1.29, 1.82) is 0 Å². The zero-order chi connectivity index (χ0) is 12.3. The smallest absolute Gasteiger partial charge is 0.230 e. The van der Waals surface area contributed by atoms with Crippen LogP contribution in [-0.2, 0) is 11.2 Å². The third-order valence-electron chi connectivity index (χ3n) is 2.71. The van der Waals surface area contributed by atoms with Crippen molar-refractivity contribution in [3.05, 3.63) is 5.01 Å². The quantitative estimate of drug-likeness (QED) is 0.849. The molecule has 1 amide bonds. The Balaban J connectivity index is 1.89. The first kappa shape index (κ1) is 12.4. The van der Waals surface area contributed by atoms with E-state index >= 15 is 0 Å². The molecule has 0 bridgehead atoms. The molecule has 0 aromatic carbocycles. The molecule has 2 rings (SSSR count). The third kappa shape index (κ3) is 3.47. The van der Waals surface area contributed by atoms with Crippen LogP contribution >= 0.6 is 11.3 Å². The van der Waals surface area contributed by atoms with E-state index in [9.17, 15) is 4.79 Å².